The van der Waals surface area contributed by atoms with E-state index < -0.39 is 54.7 Å². The zero-order valence-electron chi connectivity index (χ0n) is 19.3. The van der Waals surface area contributed by atoms with Gasteiger partial charge >= 0.3 is 6.36 Å². The van der Waals surface area contributed by atoms with E-state index in [9.17, 15) is 37.5 Å². The summed E-state index contributed by atoms with van der Waals surface area (Å²) in [7, 11) is 0. The van der Waals surface area contributed by atoms with Crippen molar-refractivity contribution < 1.29 is 42.2 Å². The summed E-state index contributed by atoms with van der Waals surface area (Å²) in [6, 6.07) is -2.33. The molecule has 4 atom stereocenters. The Bertz CT molecular complexity index is 814. The molecule has 2 aliphatic heterocycles. The van der Waals surface area contributed by atoms with Gasteiger partial charge in [0.25, 0.3) is 5.91 Å². The number of likely N-dealkylation sites (tertiary alicyclic amines) is 1. The number of Topliss-reactive ketones (excluding diaryl/α,β-unsaturated/α-hetero) is 1. The second kappa shape index (κ2) is 10.2. The van der Waals surface area contributed by atoms with Crippen LogP contribution in [-0.2, 0) is 23.9 Å². The quantitative estimate of drug-likeness (QED) is 0.417. The molecule has 3 amide bonds. The molecule has 192 valence electrons. The molecule has 1 aliphatic carbocycles. The molecule has 9 nitrogen and oxygen atoms in total. The first-order valence-corrected chi connectivity index (χ1v) is 11.6. The van der Waals surface area contributed by atoms with Gasteiger partial charge in [-0.25, -0.2) is 0 Å². The van der Waals surface area contributed by atoms with E-state index in [1.165, 1.54) is 4.90 Å². The number of rotatable bonds is 10. The molecule has 34 heavy (non-hydrogen) atoms. The van der Waals surface area contributed by atoms with Crippen molar-refractivity contribution in [3.8, 4) is 0 Å². The summed E-state index contributed by atoms with van der Waals surface area (Å²) in [5.74, 6) is -3.19. The van der Waals surface area contributed by atoms with E-state index in [0.717, 1.165) is 12.8 Å². The van der Waals surface area contributed by atoms with Gasteiger partial charge in [0.15, 0.2) is 5.78 Å². The summed E-state index contributed by atoms with van der Waals surface area (Å²) in [4.78, 5) is 51.9. The number of alkyl halides is 3. The normalized spacial score (nSPS) is 25.4. The molecule has 12 heteroatoms. The van der Waals surface area contributed by atoms with Gasteiger partial charge in [-0.1, -0.05) is 13.8 Å². The highest BCUT2D eigenvalue weighted by atomic mass is 19.4. The second-order valence-electron chi connectivity index (χ2n) is 10.1. The van der Waals surface area contributed by atoms with Crippen LogP contribution >= 0.6 is 0 Å². The lowest BCUT2D eigenvalue weighted by atomic mass is 9.95. The fraction of sp³-hybridized carbons (Fsp3) is 0.818. The van der Waals surface area contributed by atoms with Crippen molar-refractivity contribution in [2.45, 2.75) is 76.9 Å². The van der Waals surface area contributed by atoms with Gasteiger partial charge in [0, 0.05) is 19.0 Å². The van der Waals surface area contributed by atoms with Gasteiger partial charge in [-0.15, -0.1) is 13.2 Å². The van der Waals surface area contributed by atoms with Crippen LogP contribution in [0.2, 0.25) is 0 Å². The number of nitrogens with zero attached hydrogens (tertiary/aromatic N) is 1. The van der Waals surface area contributed by atoms with Crippen LogP contribution in [0.5, 0.6) is 0 Å². The molecule has 0 radical (unpaired) electrons. The number of ether oxygens (including phenoxy) is 1. The van der Waals surface area contributed by atoms with E-state index in [2.05, 4.69) is 15.4 Å². The lowest BCUT2D eigenvalue weighted by Crippen LogP contribution is -2.53. The molecule has 0 unspecified atom stereocenters. The number of aliphatic hydroxyl groups excluding tert-OH is 1. The van der Waals surface area contributed by atoms with Gasteiger partial charge in [0.2, 0.25) is 11.8 Å². The van der Waals surface area contributed by atoms with E-state index in [1.807, 2.05) is 13.8 Å². The molecular weight excluding hydrogens is 459 g/mol. The molecule has 1 saturated carbocycles. The van der Waals surface area contributed by atoms with E-state index in [0.29, 0.717) is 25.9 Å². The van der Waals surface area contributed by atoms with Crippen molar-refractivity contribution >= 4 is 23.5 Å². The Balaban J connectivity index is 1.73. The standard InChI is InChI=1S/C22H32F3N3O6/c1-12(2)7-16(29)20(33)28-11-21(4-5-21)9-15(28)19(32)27-14(8-13-3-6-26-18(13)31)17(30)10-34-22(23,24)25/h12-16,29H,3-11H2,1-2H3,(H,26,31)(H,27,32)/t13-,14-,15+,16-/m1/s1. The van der Waals surface area contributed by atoms with Crippen molar-refractivity contribution in [2.24, 2.45) is 17.3 Å². The summed E-state index contributed by atoms with van der Waals surface area (Å²) in [6.45, 7) is 3.09. The highest BCUT2D eigenvalue weighted by Gasteiger charge is 2.56. The average Bonchev–Trinajstić information content (AvgIpc) is 3.19. The molecular formula is C22H32F3N3O6. The first kappa shape index (κ1) is 26.4. The number of hydrogen-bond acceptors (Lipinski definition) is 6. The van der Waals surface area contributed by atoms with E-state index in [4.69, 9.17) is 0 Å². The highest BCUT2D eigenvalue weighted by molar-refractivity contribution is 5.95. The van der Waals surface area contributed by atoms with Crippen molar-refractivity contribution in [3.05, 3.63) is 0 Å². The van der Waals surface area contributed by atoms with Crippen molar-refractivity contribution in [1.82, 2.24) is 15.5 Å². The van der Waals surface area contributed by atoms with Crippen molar-refractivity contribution in [2.75, 3.05) is 19.7 Å². The zero-order valence-corrected chi connectivity index (χ0v) is 19.3. The van der Waals surface area contributed by atoms with E-state index in [-0.39, 0.29) is 30.1 Å². The van der Waals surface area contributed by atoms with Crippen molar-refractivity contribution in [1.29, 1.82) is 0 Å². The van der Waals surface area contributed by atoms with Gasteiger partial charge in [0.1, 0.15) is 18.8 Å². The number of amides is 3. The second-order valence-corrected chi connectivity index (χ2v) is 10.1. The number of halogens is 3. The Morgan fingerprint density at radius 1 is 1.29 bits per heavy atom. The molecule has 0 aromatic rings. The maximum absolute atomic E-state index is 13.2. The van der Waals surface area contributed by atoms with Crippen LogP contribution in [-0.4, -0.2) is 77.8 Å². The fourth-order valence-electron chi connectivity index (χ4n) is 4.75. The molecule has 2 heterocycles. The number of carbonyl (C=O) groups excluding carboxylic acids is 4. The smallest absolute Gasteiger partial charge is 0.383 e. The number of ketones is 1. The molecule has 3 fully saturated rings. The molecule has 3 aliphatic rings. The van der Waals surface area contributed by atoms with Crippen LogP contribution in [0.1, 0.15) is 52.4 Å². The van der Waals surface area contributed by atoms with Crippen LogP contribution in [0.3, 0.4) is 0 Å². The third-order valence-corrected chi connectivity index (χ3v) is 6.80. The monoisotopic (exact) mass is 491 g/mol. The van der Waals surface area contributed by atoms with E-state index >= 15 is 0 Å². The van der Waals surface area contributed by atoms with Crippen LogP contribution in [0.4, 0.5) is 13.2 Å². The van der Waals surface area contributed by atoms with Gasteiger partial charge in [0.05, 0.1) is 6.04 Å². The minimum Gasteiger partial charge on any atom is -0.383 e. The summed E-state index contributed by atoms with van der Waals surface area (Å²) in [5.41, 5.74) is -0.209. The number of carbonyl (C=O) groups is 4. The fourth-order valence-corrected chi connectivity index (χ4v) is 4.75. The number of nitrogens with one attached hydrogen (secondary N) is 2. The third kappa shape index (κ3) is 6.68. The number of aliphatic hydroxyl groups is 1. The van der Waals surface area contributed by atoms with Crippen molar-refractivity contribution in [3.63, 3.8) is 0 Å². The summed E-state index contributed by atoms with van der Waals surface area (Å²) < 4.78 is 41.0. The molecule has 2 saturated heterocycles. The topological polar surface area (TPSA) is 125 Å². The molecule has 1 spiro atoms. The Kier molecular flexibility index (Phi) is 7.91. The van der Waals surface area contributed by atoms with Gasteiger partial charge in [-0.05, 0) is 49.9 Å². The molecule has 0 aromatic carbocycles. The van der Waals surface area contributed by atoms with Gasteiger partial charge in [-0.3, -0.25) is 23.9 Å². The minimum atomic E-state index is -5.02. The SMILES string of the molecule is CC(C)C[C@@H](O)C(=O)N1CC2(CC2)C[C@H]1C(=O)N[C@H](C[C@H]1CCNC1=O)C(=O)COC(F)(F)F. The molecule has 0 bridgehead atoms. The van der Waals surface area contributed by atoms with Gasteiger partial charge in [-0.2, -0.15) is 0 Å². The first-order chi connectivity index (χ1) is 15.8. The predicted octanol–water partition coefficient (Wildman–Crippen LogP) is 0.891. The van der Waals surface area contributed by atoms with E-state index in [1.54, 1.807) is 0 Å². The Morgan fingerprint density at radius 2 is 1.97 bits per heavy atom. The maximum atomic E-state index is 13.2. The average molecular weight is 492 g/mol. The minimum absolute atomic E-state index is 0.0527. The summed E-state index contributed by atoms with van der Waals surface area (Å²) >= 11 is 0. The Hall–Kier alpha value is -2.21. The Morgan fingerprint density at radius 3 is 2.50 bits per heavy atom. The van der Waals surface area contributed by atoms with Crippen LogP contribution in [0.15, 0.2) is 0 Å². The molecule has 0 aromatic heterocycles. The molecule has 3 rings (SSSR count). The van der Waals surface area contributed by atoms with Gasteiger partial charge < -0.3 is 20.6 Å². The summed E-state index contributed by atoms with van der Waals surface area (Å²) in [6.07, 6.45) is -3.85. The largest absolute Gasteiger partial charge is 0.522 e. The third-order valence-electron chi connectivity index (χ3n) is 6.80. The van der Waals surface area contributed by atoms with Crippen LogP contribution < -0.4 is 10.6 Å². The van der Waals surface area contributed by atoms with Crippen LogP contribution in [0.25, 0.3) is 0 Å². The number of hydrogen-bond donors (Lipinski definition) is 3. The predicted molar refractivity (Wildman–Crippen MR) is 112 cm³/mol. The zero-order chi connectivity index (χ0) is 25.3. The molecule has 3 N–H and O–H groups in total. The van der Waals surface area contributed by atoms with Crippen LogP contribution in [0, 0.1) is 17.3 Å². The highest BCUT2D eigenvalue weighted by Crippen LogP contribution is 2.55. The lowest BCUT2D eigenvalue weighted by molar-refractivity contribution is -0.321. The summed E-state index contributed by atoms with van der Waals surface area (Å²) in [5, 5.41) is 15.4. The maximum Gasteiger partial charge on any atom is 0.522 e. The lowest BCUT2D eigenvalue weighted by Gasteiger charge is -2.28. The first-order valence-electron chi connectivity index (χ1n) is 11.6. The Labute approximate surface area is 195 Å².